The van der Waals surface area contributed by atoms with Gasteiger partial charge >= 0.3 is 0 Å². The monoisotopic (exact) mass is 352 g/mol. The first-order valence-corrected chi connectivity index (χ1v) is 9.92. The van der Waals surface area contributed by atoms with Crippen LogP contribution in [-0.4, -0.2) is 43.9 Å². The molecule has 132 valence electrons. The lowest BCUT2D eigenvalue weighted by molar-refractivity contribution is -0.121. The molecule has 1 aromatic carbocycles. The van der Waals surface area contributed by atoms with Crippen molar-refractivity contribution in [2.24, 2.45) is 5.92 Å². The fraction of sp³-hybridized carbons (Fsp3) is 0.588. The standard InChI is InChI=1S/C17H24N2O4S/c1-11(2)16(18-24(22,23)13-7-8-13)17(21)19-9-12(10-20)14-5-3-4-6-15(14)19/h3-6,11-13,16,18,20H,7-10H2,1-2H3/t12?,16-/m1/s1. The van der Waals surface area contributed by atoms with Crippen molar-refractivity contribution in [1.82, 2.24) is 4.72 Å². The van der Waals surface area contributed by atoms with Gasteiger partial charge in [-0.15, -0.1) is 0 Å². The fourth-order valence-electron chi connectivity index (χ4n) is 3.15. The van der Waals surface area contributed by atoms with E-state index in [-0.39, 0.29) is 29.6 Å². The summed E-state index contributed by atoms with van der Waals surface area (Å²) in [5, 5.41) is 9.22. The van der Waals surface area contributed by atoms with Crippen molar-refractivity contribution < 1.29 is 18.3 Å². The lowest BCUT2D eigenvalue weighted by Crippen LogP contribution is -2.51. The van der Waals surface area contributed by atoms with E-state index in [9.17, 15) is 18.3 Å². The van der Waals surface area contributed by atoms with Gasteiger partial charge in [0.2, 0.25) is 15.9 Å². The molecule has 2 atom stereocenters. The lowest BCUT2D eigenvalue weighted by Gasteiger charge is -2.27. The minimum Gasteiger partial charge on any atom is -0.396 e. The number of nitrogens with zero attached hydrogens (tertiary/aromatic N) is 1. The quantitative estimate of drug-likeness (QED) is 0.806. The zero-order chi connectivity index (χ0) is 17.5. The molecule has 1 amide bonds. The first-order valence-electron chi connectivity index (χ1n) is 8.37. The number of nitrogens with one attached hydrogen (secondary N) is 1. The normalized spacial score (nSPS) is 21.8. The van der Waals surface area contributed by atoms with Gasteiger partial charge in [0.05, 0.1) is 11.9 Å². The molecule has 1 saturated carbocycles. The Morgan fingerprint density at radius 3 is 2.58 bits per heavy atom. The van der Waals surface area contributed by atoms with E-state index in [0.717, 1.165) is 11.3 Å². The van der Waals surface area contributed by atoms with Crippen LogP contribution in [-0.2, 0) is 14.8 Å². The second-order valence-electron chi connectivity index (χ2n) is 6.97. The Morgan fingerprint density at radius 1 is 1.33 bits per heavy atom. The lowest BCUT2D eigenvalue weighted by atomic mass is 10.0. The van der Waals surface area contributed by atoms with Crippen LogP contribution in [0.2, 0.25) is 0 Å². The van der Waals surface area contributed by atoms with E-state index in [1.54, 1.807) is 4.90 Å². The Bertz CT molecular complexity index is 728. The van der Waals surface area contributed by atoms with E-state index in [1.807, 2.05) is 38.1 Å². The highest BCUT2D eigenvalue weighted by Crippen LogP contribution is 2.36. The molecule has 2 aliphatic rings. The number of rotatable bonds is 6. The minimum absolute atomic E-state index is 0.0407. The Hall–Kier alpha value is -1.44. The summed E-state index contributed by atoms with van der Waals surface area (Å²) in [4.78, 5) is 14.7. The SMILES string of the molecule is CC(C)[C@@H](NS(=O)(=O)C1CC1)C(=O)N1CC(CO)c2ccccc21. The molecule has 1 aromatic rings. The highest BCUT2D eigenvalue weighted by molar-refractivity contribution is 7.90. The van der Waals surface area contributed by atoms with E-state index < -0.39 is 16.1 Å². The van der Waals surface area contributed by atoms with Gasteiger partial charge in [0.15, 0.2) is 0 Å². The van der Waals surface area contributed by atoms with E-state index in [1.165, 1.54) is 0 Å². The summed E-state index contributed by atoms with van der Waals surface area (Å²) in [6.07, 6.45) is 1.32. The van der Waals surface area contributed by atoms with Gasteiger partial charge in [0, 0.05) is 18.2 Å². The van der Waals surface area contributed by atoms with Crippen LogP contribution in [0.1, 0.15) is 38.2 Å². The smallest absolute Gasteiger partial charge is 0.245 e. The average molecular weight is 352 g/mol. The zero-order valence-corrected chi connectivity index (χ0v) is 14.8. The Balaban J connectivity index is 1.86. The molecule has 0 radical (unpaired) electrons. The second kappa shape index (κ2) is 6.46. The summed E-state index contributed by atoms with van der Waals surface area (Å²) in [6.45, 7) is 4.01. The molecule has 1 unspecified atom stereocenters. The van der Waals surface area contributed by atoms with Gasteiger partial charge in [-0.2, -0.15) is 0 Å². The molecule has 0 aromatic heterocycles. The van der Waals surface area contributed by atoms with Crippen molar-refractivity contribution in [2.75, 3.05) is 18.1 Å². The number of carbonyl (C=O) groups excluding carboxylic acids is 1. The molecule has 1 aliphatic heterocycles. The highest BCUT2D eigenvalue weighted by atomic mass is 32.2. The van der Waals surface area contributed by atoms with Gasteiger partial charge < -0.3 is 10.0 Å². The molecule has 1 aliphatic carbocycles. The fourth-order valence-corrected chi connectivity index (χ4v) is 4.83. The van der Waals surface area contributed by atoms with Crippen molar-refractivity contribution in [1.29, 1.82) is 0 Å². The number of aliphatic hydroxyl groups excluding tert-OH is 1. The molecule has 1 fully saturated rings. The number of anilines is 1. The number of hydrogen-bond donors (Lipinski definition) is 2. The first kappa shape index (κ1) is 17.4. The maximum Gasteiger partial charge on any atom is 0.245 e. The molecule has 1 heterocycles. The molecule has 2 N–H and O–H groups in total. The molecule has 0 bridgehead atoms. The molecular formula is C17H24N2O4S. The molecule has 0 spiro atoms. The van der Waals surface area contributed by atoms with Crippen molar-refractivity contribution in [3.8, 4) is 0 Å². The predicted octanol–water partition coefficient (Wildman–Crippen LogP) is 1.22. The number of fused-ring (bicyclic) bond motifs is 1. The zero-order valence-electron chi connectivity index (χ0n) is 14.0. The van der Waals surface area contributed by atoms with Gasteiger partial charge in [0.25, 0.3) is 0 Å². The summed E-state index contributed by atoms with van der Waals surface area (Å²) in [7, 11) is -3.45. The van der Waals surface area contributed by atoms with E-state index in [0.29, 0.717) is 19.4 Å². The summed E-state index contributed by atoms with van der Waals surface area (Å²) in [5.41, 5.74) is 1.69. The van der Waals surface area contributed by atoms with Crippen LogP contribution in [0.25, 0.3) is 0 Å². The molecule has 3 rings (SSSR count). The van der Waals surface area contributed by atoms with E-state index in [4.69, 9.17) is 0 Å². The summed E-state index contributed by atoms with van der Waals surface area (Å²) < 4.78 is 27.2. The third kappa shape index (κ3) is 3.20. The maximum atomic E-state index is 13.0. The number of para-hydroxylation sites is 1. The van der Waals surface area contributed by atoms with Crippen molar-refractivity contribution in [3.63, 3.8) is 0 Å². The van der Waals surface area contributed by atoms with Gasteiger partial charge in [-0.05, 0) is 30.4 Å². The minimum atomic E-state index is -3.45. The largest absolute Gasteiger partial charge is 0.396 e. The molecule has 0 saturated heterocycles. The van der Waals surface area contributed by atoms with Crippen LogP contribution >= 0.6 is 0 Å². The van der Waals surface area contributed by atoms with Crippen LogP contribution in [0.5, 0.6) is 0 Å². The number of aliphatic hydroxyl groups is 1. The predicted molar refractivity (Wildman–Crippen MR) is 92.3 cm³/mol. The van der Waals surface area contributed by atoms with Crippen LogP contribution in [0, 0.1) is 5.92 Å². The topological polar surface area (TPSA) is 86.7 Å². The van der Waals surface area contributed by atoms with Crippen LogP contribution in [0.4, 0.5) is 5.69 Å². The van der Waals surface area contributed by atoms with Crippen LogP contribution in [0.3, 0.4) is 0 Å². The number of carbonyl (C=O) groups is 1. The summed E-state index contributed by atoms with van der Waals surface area (Å²) in [6, 6.07) is 6.68. The third-order valence-corrected chi connectivity index (χ3v) is 6.68. The molecule has 7 heteroatoms. The van der Waals surface area contributed by atoms with Crippen LogP contribution in [0.15, 0.2) is 24.3 Å². The van der Waals surface area contributed by atoms with Gasteiger partial charge in [-0.3, -0.25) is 4.79 Å². The Kier molecular flexibility index (Phi) is 4.68. The third-order valence-electron chi connectivity index (χ3n) is 4.74. The maximum absolute atomic E-state index is 13.0. The summed E-state index contributed by atoms with van der Waals surface area (Å²) in [5.74, 6) is -0.540. The second-order valence-corrected chi connectivity index (χ2v) is 8.96. The molecule has 6 nitrogen and oxygen atoms in total. The summed E-state index contributed by atoms with van der Waals surface area (Å²) >= 11 is 0. The van der Waals surface area contributed by atoms with E-state index >= 15 is 0 Å². The van der Waals surface area contributed by atoms with Gasteiger partial charge in [0.1, 0.15) is 6.04 Å². The van der Waals surface area contributed by atoms with E-state index in [2.05, 4.69) is 4.72 Å². The van der Waals surface area contributed by atoms with Crippen LogP contribution < -0.4 is 9.62 Å². The molecular weight excluding hydrogens is 328 g/mol. The Morgan fingerprint density at radius 2 is 2.00 bits per heavy atom. The van der Waals surface area contributed by atoms with Crippen molar-refractivity contribution in [2.45, 2.75) is 43.9 Å². The van der Waals surface area contributed by atoms with Gasteiger partial charge in [-0.1, -0.05) is 32.0 Å². The number of amides is 1. The Labute approximate surface area is 142 Å². The first-order chi connectivity index (χ1) is 11.3. The average Bonchev–Trinajstić information content (AvgIpc) is 3.34. The molecule has 24 heavy (non-hydrogen) atoms. The van der Waals surface area contributed by atoms with Gasteiger partial charge in [-0.25, -0.2) is 13.1 Å². The highest BCUT2D eigenvalue weighted by Gasteiger charge is 2.42. The number of hydrogen-bond acceptors (Lipinski definition) is 4. The number of benzene rings is 1. The number of sulfonamides is 1. The van der Waals surface area contributed by atoms with Crippen molar-refractivity contribution in [3.05, 3.63) is 29.8 Å². The van der Waals surface area contributed by atoms with Crippen molar-refractivity contribution >= 4 is 21.6 Å².